The van der Waals surface area contributed by atoms with E-state index >= 15 is 0 Å². The summed E-state index contributed by atoms with van der Waals surface area (Å²) in [6.45, 7) is 0. The summed E-state index contributed by atoms with van der Waals surface area (Å²) in [6, 6.07) is 18.3. The minimum Gasteiger partial charge on any atom is -0.254 e. The van der Waals surface area contributed by atoms with E-state index < -0.39 is 0 Å². The van der Waals surface area contributed by atoms with Crippen molar-refractivity contribution >= 4 is 53.7 Å². The van der Waals surface area contributed by atoms with Crippen LogP contribution >= 0.6 is 31.9 Å². The van der Waals surface area contributed by atoms with Gasteiger partial charge in [-0.1, -0.05) is 74.3 Å². The quantitative estimate of drug-likeness (QED) is 0.359. The number of aromatic nitrogens is 2. The van der Waals surface area contributed by atoms with E-state index in [1.165, 1.54) is 0 Å². The van der Waals surface area contributed by atoms with E-state index in [1.54, 1.807) is 6.20 Å². The van der Waals surface area contributed by atoms with Crippen LogP contribution in [0.1, 0.15) is 0 Å². The molecular weight excluding hydrogens is 404 g/mol. The summed E-state index contributed by atoms with van der Waals surface area (Å²) >= 11 is 7.25. The van der Waals surface area contributed by atoms with Gasteiger partial charge in [-0.05, 0) is 12.1 Å². The lowest BCUT2D eigenvalue weighted by molar-refractivity contribution is 1.36. The summed E-state index contributed by atoms with van der Waals surface area (Å²) in [5.74, 6) is 0. The van der Waals surface area contributed by atoms with Crippen LogP contribution < -0.4 is 0 Å². The average Bonchev–Trinajstić information content (AvgIpc) is 2.56. The Labute approximate surface area is 144 Å². The van der Waals surface area contributed by atoms with Crippen molar-refractivity contribution in [2.45, 2.75) is 0 Å². The first-order chi connectivity index (χ1) is 10.7. The molecular formula is C18H10Br2N2. The molecule has 0 fully saturated rings. The van der Waals surface area contributed by atoms with Gasteiger partial charge in [-0.25, -0.2) is 4.98 Å². The van der Waals surface area contributed by atoms with E-state index in [4.69, 9.17) is 4.98 Å². The van der Waals surface area contributed by atoms with Gasteiger partial charge in [0, 0.05) is 31.5 Å². The Morgan fingerprint density at radius 1 is 0.727 bits per heavy atom. The van der Waals surface area contributed by atoms with Crippen LogP contribution in [-0.4, -0.2) is 9.97 Å². The second-order valence-electron chi connectivity index (χ2n) is 5.01. The molecule has 106 valence electrons. The van der Waals surface area contributed by atoms with Crippen LogP contribution in [0.5, 0.6) is 0 Å². The predicted octanol–water partition coefficient (Wildman–Crippen LogP) is 5.98. The molecule has 0 aliphatic heterocycles. The lowest BCUT2D eigenvalue weighted by atomic mass is 10.1. The van der Waals surface area contributed by atoms with Gasteiger partial charge in [-0.15, -0.1) is 0 Å². The standard InChI is InChI=1S/C18H10Br2N2/c19-14-8-9-21-17-12(14)6-7-13-15(20)10-16(22-18(13)17)11-4-2-1-3-5-11/h1-10H. The van der Waals surface area contributed by atoms with Crippen molar-refractivity contribution in [2.75, 3.05) is 0 Å². The highest BCUT2D eigenvalue weighted by Crippen LogP contribution is 2.33. The topological polar surface area (TPSA) is 25.8 Å². The molecule has 2 nitrogen and oxygen atoms in total. The van der Waals surface area contributed by atoms with Gasteiger partial charge in [0.15, 0.2) is 0 Å². The SMILES string of the molecule is Brc1ccnc2c1ccc1c(Br)cc(-c3ccccc3)nc12. The van der Waals surface area contributed by atoms with E-state index in [2.05, 4.69) is 67.2 Å². The zero-order valence-corrected chi connectivity index (χ0v) is 14.6. The summed E-state index contributed by atoms with van der Waals surface area (Å²) in [5, 5.41) is 2.14. The number of hydrogen-bond acceptors (Lipinski definition) is 2. The highest BCUT2D eigenvalue weighted by atomic mass is 79.9. The Balaban J connectivity index is 2.11. The van der Waals surface area contributed by atoms with Crippen LogP contribution in [0.3, 0.4) is 0 Å². The zero-order valence-electron chi connectivity index (χ0n) is 11.4. The Kier molecular flexibility index (Phi) is 3.43. The first-order valence-corrected chi connectivity index (χ1v) is 8.41. The molecule has 0 unspecified atom stereocenters. The molecule has 2 aromatic heterocycles. The normalized spacial score (nSPS) is 11.2. The fourth-order valence-electron chi connectivity index (χ4n) is 2.58. The van der Waals surface area contributed by atoms with Crippen LogP contribution in [0.2, 0.25) is 0 Å². The summed E-state index contributed by atoms with van der Waals surface area (Å²) in [4.78, 5) is 9.39. The molecule has 2 heterocycles. The molecule has 4 aromatic rings. The number of halogens is 2. The number of rotatable bonds is 1. The van der Waals surface area contributed by atoms with Gasteiger partial charge in [-0.2, -0.15) is 0 Å². The van der Waals surface area contributed by atoms with E-state index in [-0.39, 0.29) is 0 Å². The fraction of sp³-hybridized carbons (Fsp3) is 0. The van der Waals surface area contributed by atoms with Crippen LogP contribution in [0.4, 0.5) is 0 Å². The average molecular weight is 414 g/mol. The molecule has 0 aliphatic rings. The molecule has 0 amide bonds. The van der Waals surface area contributed by atoms with Gasteiger partial charge in [0.1, 0.15) is 0 Å². The minimum atomic E-state index is 0.908. The molecule has 2 aromatic carbocycles. The van der Waals surface area contributed by atoms with Gasteiger partial charge >= 0.3 is 0 Å². The Hall–Kier alpha value is -1.78. The van der Waals surface area contributed by atoms with Gasteiger partial charge < -0.3 is 0 Å². The van der Waals surface area contributed by atoms with E-state index in [1.807, 2.05) is 24.3 Å². The monoisotopic (exact) mass is 412 g/mol. The van der Waals surface area contributed by atoms with Crippen LogP contribution in [0.15, 0.2) is 69.7 Å². The third-order valence-corrected chi connectivity index (χ3v) is 5.00. The number of nitrogens with zero attached hydrogens (tertiary/aromatic N) is 2. The van der Waals surface area contributed by atoms with Crippen molar-refractivity contribution in [3.63, 3.8) is 0 Å². The van der Waals surface area contributed by atoms with Gasteiger partial charge in [0.25, 0.3) is 0 Å². The molecule has 0 aliphatic carbocycles. The first kappa shape index (κ1) is 13.9. The highest BCUT2D eigenvalue weighted by Gasteiger charge is 2.11. The highest BCUT2D eigenvalue weighted by molar-refractivity contribution is 9.11. The maximum absolute atomic E-state index is 4.86. The van der Waals surface area contributed by atoms with Crippen LogP contribution in [-0.2, 0) is 0 Å². The summed E-state index contributed by atoms with van der Waals surface area (Å²) in [6.07, 6.45) is 1.80. The van der Waals surface area contributed by atoms with Crippen molar-refractivity contribution in [1.29, 1.82) is 0 Å². The molecule has 0 radical (unpaired) electrons. The number of fused-ring (bicyclic) bond motifs is 3. The maximum Gasteiger partial charge on any atom is 0.0983 e. The second kappa shape index (κ2) is 5.45. The van der Waals surface area contributed by atoms with Gasteiger partial charge in [-0.3, -0.25) is 4.98 Å². The van der Waals surface area contributed by atoms with Gasteiger partial charge in [0.05, 0.1) is 16.7 Å². The molecule has 0 saturated heterocycles. The molecule has 0 atom stereocenters. The molecule has 4 rings (SSSR count). The smallest absolute Gasteiger partial charge is 0.0983 e. The third-order valence-electron chi connectivity index (χ3n) is 3.66. The Morgan fingerprint density at radius 3 is 2.23 bits per heavy atom. The van der Waals surface area contributed by atoms with Crippen molar-refractivity contribution in [1.82, 2.24) is 9.97 Å². The number of hydrogen-bond donors (Lipinski definition) is 0. The lowest BCUT2D eigenvalue weighted by Crippen LogP contribution is -1.90. The largest absolute Gasteiger partial charge is 0.254 e. The summed E-state index contributed by atoms with van der Waals surface area (Å²) < 4.78 is 2.06. The third kappa shape index (κ3) is 2.23. The lowest BCUT2D eigenvalue weighted by Gasteiger charge is -2.08. The number of pyridine rings is 2. The fourth-order valence-corrected chi connectivity index (χ4v) is 3.56. The second-order valence-corrected chi connectivity index (χ2v) is 6.71. The van der Waals surface area contributed by atoms with E-state index in [0.29, 0.717) is 0 Å². The van der Waals surface area contributed by atoms with Crippen LogP contribution in [0.25, 0.3) is 33.1 Å². The van der Waals surface area contributed by atoms with Crippen molar-refractivity contribution in [2.24, 2.45) is 0 Å². The zero-order chi connectivity index (χ0) is 15.1. The van der Waals surface area contributed by atoms with E-state index in [9.17, 15) is 0 Å². The molecule has 0 N–H and O–H groups in total. The molecule has 0 spiro atoms. The molecule has 22 heavy (non-hydrogen) atoms. The molecule has 0 saturated carbocycles. The maximum atomic E-state index is 4.86. The summed E-state index contributed by atoms with van der Waals surface area (Å²) in [7, 11) is 0. The molecule has 0 bridgehead atoms. The van der Waals surface area contributed by atoms with Crippen molar-refractivity contribution in [3.8, 4) is 11.3 Å². The predicted molar refractivity (Wildman–Crippen MR) is 97.9 cm³/mol. The summed E-state index contributed by atoms with van der Waals surface area (Å²) in [5.41, 5.74) is 3.85. The number of benzene rings is 2. The minimum absolute atomic E-state index is 0.908. The molecule has 4 heteroatoms. The van der Waals surface area contributed by atoms with Crippen LogP contribution in [0, 0.1) is 0 Å². The van der Waals surface area contributed by atoms with Gasteiger partial charge in [0.2, 0.25) is 0 Å². The van der Waals surface area contributed by atoms with Crippen molar-refractivity contribution in [3.05, 3.63) is 69.7 Å². The van der Waals surface area contributed by atoms with Crippen molar-refractivity contribution < 1.29 is 0 Å². The Bertz CT molecular complexity index is 998. The van der Waals surface area contributed by atoms with E-state index in [0.717, 1.165) is 42.0 Å². The first-order valence-electron chi connectivity index (χ1n) is 6.83. The Morgan fingerprint density at radius 2 is 1.45 bits per heavy atom.